The van der Waals surface area contributed by atoms with Gasteiger partial charge in [0.2, 0.25) is 5.91 Å². The van der Waals surface area contributed by atoms with Crippen molar-refractivity contribution in [2.45, 2.75) is 38.3 Å². The van der Waals surface area contributed by atoms with Crippen molar-refractivity contribution in [1.82, 2.24) is 5.32 Å². The van der Waals surface area contributed by atoms with Crippen LogP contribution in [0.15, 0.2) is 42.5 Å². The summed E-state index contributed by atoms with van der Waals surface area (Å²) < 4.78 is 13.1. The smallest absolute Gasteiger partial charge is 0.241 e. The first kappa shape index (κ1) is 16.9. The summed E-state index contributed by atoms with van der Waals surface area (Å²) in [5.74, 6) is -0.616. The van der Waals surface area contributed by atoms with Gasteiger partial charge in [-0.05, 0) is 55.5 Å². The molecule has 3 nitrogen and oxygen atoms in total. The third-order valence-corrected chi connectivity index (χ3v) is 4.72. The van der Waals surface area contributed by atoms with E-state index < -0.39 is 5.82 Å². The number of carbonyl (C=O) groups is 1. The SMILES string of the molecule is C[C@H](N[C@H]1CCCc2ccccc21)C(=O)Nc1ccc(F)cc1Cl. The van der Waals surface area contributed by atoms with Gasteiger partial charge in [0.15, 0.2) is 0 Å². The molecule has 0 heterocycles. The van der Waals surface area contributed by atoms with Crippen LogP contribution in [0.2, 0.25) is 5.02 Å². The van der Waals surface area contributed by atoms with Crippen molar-refractivity contribution in [1.29, 1.82) is 0 Å². The number of hydrogen-bond donors (Lipinski definition) is 2. The highest BCUT2D eigenvalue weighted by Crippen LogP contribution is 2.30. The highest BCUT2D eigenvalue weighted by atomic mass is 35.5. The molecule has 2 N–H and O–H groups in total. The summed E-state index contributed by atoms with van der Waals surface area (Å²) in [6.45, 7) is 1.82. The van der Waals surface area contributed by atoms with E-state index in [1.165, 1.54) is 29.3 Å². The molecule has 5 heteroatoms. The summed E-state index contributed by atoms with van der Waals surface area (Å²) in [4.78, 5) is 12.4. The summed E-state index contributed by atoms with van der Waals surface area (Å²) in [5, 5.41) is 6.34. The van der Waals surface area contributed by atoms with E-state index in [0.717, 1.165) is 19.3 Å². The van der Waals surface area contributed by atoms with Crippen molar-refractivity contribution in [3.63, 3.8) is 0 Å². The monoisotopic (exact) mass is 346 g/mol. The lowest BCUT2D eigenvalue weighted by molar-refractivity contribution is -0.118. The largest absolute Gasteiger partial charge is 0.323 e. The van der Waals surface area contributed by atoms with Crippen molar-refractivity contribution >= 4 is 23.2 Å². The zero-order chi connectivity index (χ0) is 17.1. The summed E-state index contributed by atoms with van der Waals surface area (Å²) in [5.41, 5.74) is 3.03. The van der Waals surface area contributed by atoms with Gasteiger partial charge in [0.25, 0.3) is 0 Å². The Labute approximate surface area is 146 Å². The van der Waals surface area contributed by atoms with Gasteiger partial charge in [-0.1, -0.05) is 35.9 Å². The number of aryl methyl sites for hydroxylation is 1. The molecule has 0 aliphatic heterocycles. The molecule has 3 rings (SSSR count). The van der Waals surface area contributed by atoms with Gasteiger partial charge in [0.1, 0.15) is 5.82 Å². The molecule has 0 bridgehead atoms. The molecule has 0 spiro atoms. The number of amides is 1. The molecule has 2 aromatic rings. The van der Waals surface area contributed by atoms with Crippen LogP contribution in [0.25, 0.3) is 0 Å². The zero-order valence-electron chi connectivity index (χ0n) is 13.5. The molecule has 2 aromatic carbocycles. The molecular formula is C19H20ClFN2O. The molecule has 24 heavy (non-hydrogen) atoms. The third-order valence-electron chi connectivity index (χ3n) is 4.40. The van der Waals surface area contributed by atoms with Crippen molar-refractivity contribution in [3.05, 3.63) is 64.4 Å². The maximum Gasteiger partial charge on any atom is 0.241 e. The van der Waals surface area contributed by atoms with Gasteiger partial charge >= 0.3 is 0 Å². The Hall–Kier alpha value is -1.91. The maximum atomic E-state index is 13.1. The number of halogens is 2. The first-order chi connectivity index (χ1) is 11.5. The lowest BCUT2D eigenvalue weighted by Gasteiger charge is -2.29. The molecule has 1 amide bonds. The molecule has 0 saturated carbocycles. The van der Waals surface area contributed by atoms with Crippen molar-refractivity contribution in [3.8, 4) is 0 Å². The number of anilines is 1. The number of fused-ring (bicyclic) bond motifs is 1. The molecule has 1 aliphatic carbocycles. The molecular weight excluding hydrogens is 327 g/mol. The Balaban J connectivity index is 1.67. The van der Waals surface area contributed by atoms with E-state index >= 15 is 0 Å². The minimum atomic E-state index is -0.428. The molecule has 0 aromatic heterocycles. The van der Waals surface area contributed by atoms with Crippen LogP contribution < -0.4 is 10.6 Å². The van der Waals surface area contributed by atoms with Crippen LogP contribution in [-0.2, 0) is 11.2 Å². The van der Waals surface area contributed by atoms with Crippen LogP contribution in [0.3, 0.4) is 0 Å². The fourth-order valence-corrected chi connectivity index (χ4v) is 3.35. The number of benzene rings is 2. The van der Waals surface area contributed by atoms with Crippen LogP contribution >= 0.6 is 11.6 Å². The van der Waals surface area contributed by atoms with E-state index in [4.69, 9.17) is 11.6 Å². The highest BCUT2D eigenvalue weighted by Gasteiger charge is 2.24. The summed E-state index contributed by atoms with van der Waals surface area (Å²) in [6, 6.07) is 12.1. The van der Waals surface area contributed by atoms with Crippen LogP contribution in [0.4, 0.5) is 10.1 Å². The average Bonchev–Trinajstić information content (AvgIpc) is 2.57. The van der Waals surface area contributed by atoms with E-state index in [-0.39, 0.29) is 23.0 Å². The number of hydrogen-bond acceptors (Lipinski definition) is 2. The van der Waals surface area contributed by atoms with E-state index in [1.54, 1.807) is 0 Å². The molecule has 126 valence electrons. The van der Waals surface area contributed by atoms with E-state index in [9.17, 15) is 9.18 Å². The number of rotatable bonds is 4. The fourth-order valence-electron chi connectivity index (χ4n) is 3.14. The van der Waals surface area contributed by atoms with Crippen molar-refractivity contribution < 1.29 is 9.18 Å². The Morgan fingerprint density at radius 3 is 2.88 bits per heavy atom. The fraction of sp³-hybridized carbons (Fsp3) is 0.316. The molecule has 0 saturated heterocycles. The summed E-state index contributed by atoms with van der Waals surface area (Å²) in [7, 11) is 0. The third kappa shape index (κ3) is 3.77. The van der Waals surface area contributed by atoms with E-state index in [1.807, 2.05) is 19.1 Å². The van der Waals surface area contributed by atoms with Gasteiger partial charge < -0.3 is 5.32 Å². The van der Waals surface area contributed by atoms with Crippen LogP contribution in [-0.4, -0.2) is 11.9 Å². The minimum Gasteiger partial charge on any atom is -0.323 e. The minimum absolute atomic E-state index is 0.166. The lowest BCUT2D eigenvalue weighted by atomic mass is 9.87. The molecule has 2 atom stereocenters. The normalized spacial score (nSPS) is 17.9. The Kier molecular flexibility index (Phi) is 5.17. The van der Waals surface area contributed by atoms with Gasteiger partial charge in [-0.25, -0.2) is 4.39 Å². The Bertz CT molecular complexity index is 750. The topological polar surface area (TPSA) is 41.1 Å². The predicted octanol–water partition coefficient (Wildman–Crippen LogP) is 4.47. The van der Waals surface area contributed by atoms with Crippen molar-refractivity contribution in [2.24, 2.45) is 0 Å². The first-order valence-corrected chi connectivity index (χ1v) is 8.52. The number of carbonyl (C=O) groups excluding carboxylic acids is 1. The average molecular weight is 347 g/mol. The van der Waals surface area contributed by atoms with Crippen LogP contribution in [0.1, 0.15) is 36.9 Å². The van der Waals surface area contributed by atoms with E-state index in [0.29, 0.717) is 5.69 Å². The van der Waals surface area contributed by atoms with Gasteiger partial charge in [-0.2, -0.15) is 0 Å². The Morgan fingerprint density at radius 2 is 2.08 bits per heavy atom. The van der Waals surface area contributed by atoms with Crippen molar-refractivity contribution in [2.75, 3.05) is 5.32 Å². The standard InChI is InChI=1S/C19H20ClFN2O/c1-12(19(24)23-18-10-9-14(21)11-16(18)20)22-17-8-4-6-13-5-2-3-7-15(13)17/h2-3,5,7,9-12,17,22H,4,6,8H2,1H3,(H,23,24)/t12-,17-/m0/s1. The highest BCUT2D eigenvalue weighted by molar-refractivity contribution is 6.33. The van der Waals surface area contributed by atoms with Gasteiger partial charge in [0.05, 0.1) is 16.8 Å². The molecule has 0 unspecified atom stereocenters. The predicted molar refractivity (Wildman–Crippen MR) is 94.8 cm³/mol. The quantitative estimate of drug-likeness (QED) is 0.857. The second-order valence-corrected chi connectivity index (χ2v) is 6.55. The molecule has 1 aliphatic rings. The van der Waals surface area contributed by atoms with Gasteiger partial charge in [-0.15, -0.1) is 0 Å². The zero-order valence-corrected chi connectivity index (χ0v) is 14.2. The van der Waals surface area contributed by atoms with Gasteiger partial charge in [0, 0.05) is 6.04 Å². The molecule has 0 radical (unpaired) electrons. The van der Waals surface area contributed by atoms with E-state index in [2.05, 4.69) is 22.8 Å². The molecule has 0 fully saturated rings. The second kappa shape index (κ2) is 7.32. The van der Waals surface area contributed by atoms with Crippen LogP contribution in [0, 0.1) is 5.82 Å². The maximum absolute atomic E-state index is 13.1. The summed E-state index contributed by atoms with van der Waals surface area (Å²) in [6.07, 6.45) is 3.19. The van der Waals surface area contributed by atoms with Crippen LogP contribution in [0.5, 0.6) is 0 Å². The second-order valence-electron chi connectivity index (χ2n) is 6.15. The lowest BCUT2D eigenvalue weighted by Crippen LogP contribution is -2.41. The first-order valence-electron chi connectivity index (χ1n) is 8.14. The summed E-state index contributed by atoms with van der Waals surface area (Å²) >= 11 is 5.96. The van der Waals surface area contributed by atoms with Gasteiger partial charge in [-0.3, -0.25) is 10.1 Å². The Morgan fingerprint density at radius 1 is 1.29 bits per heavy atom. The number of nitrogens with one attached hydrogen (secondary N) is 2.